The van der Waals surface area contributed by atoms with E-state index in [0.29, 0.717) is 0 Å². The second-order valence-electron chi connectivity index (χ2n) is 6.50. The molecule has 0 saturated heterocycles. The zero-order valence-corrected chi connectivity index (χ0v) is 19.4. The second-order valence-corrected chi connectivity index (χ2v) is 11.0. The number of halogens is 2. The Morgan fingerprint density at radius 2 is 0.767 bits per heavy atom. The Kier molecular flexibility index (Phi) is 6.94. The molecule has 0 aliphatic carbocycles. The molecule has 4 rings (SSSR count). The van der Waals surface area contributed by atoms with E-state index in [1.165, 1.54) is 44.3 Å². The molecule has 0 spiro atoms. The average molecular weight is 526 g/mol. The summed E-state index contributed by atoms with van der Waals surface area (Å²) in [7, 11) is 0. The van der Waals surface area contributed by atoms with E-state index in [9.17, 15) is 8.78 Å². The molecule has 0 bridgehead atoms. The maximum atomic E-state index is 13.5. The van der Waals surface area contributed by atoms with Crippen LogP contribution in [0.4, 0.5) is 8.78 Å². The first kappa shape index (κ1) is 20.8. The fourth-order valence-electron chi connectivity index (χ4n) is 2.89. The van der Waals surface area contributed by atoms with Gasteiger partial charge in [0.05, 0.1) is 0 Å². The predicted molar refractivity (Wildman–Crippen MR) is 123 cm³/mol. The molecule has 0 aliphatic rings. The summed E-state index contributed by atoms with van der Waals surface area (Å²) in [4.78, 5) is 0. The van der Waals surface area contributed by atoms with Gasteiger partial charge in [-0.2, -0.15) is 0 Å². The van der Waals surface area contributed by atoms with Crippen LogP contribution in [-0.4, -0.2) is 29.9 Å². The zero-order valence-electron chi connectivity index (χ0n) is 16.0. The van der Waals surface area contributed by atoms with Crippen LogP contribution in [0, 0.1) is 11.6 Å². The van der Waals surface area contributed by atoms with E-state index in [0.717, 1.165) is 8.92 Å². The van der Waals surface area contributed by atoms with E-state index in [4.69, 9.17) is 0 Å². The molecule has 0 aliphatic heterocycles. The van der Waals surface area contributed by atoms with Gasteiger partial charge in [-0.3, -0.25) is 0 Å². The topological polar surface area (TPSA) is 0 Å². The van der Waals surface area contributed by atoms with Crippen LogP contribution in [0.3, 0.4) is 0 Å². The van der Waals surface area contributed by atoms with Gasteiger partial charge >= 0.3 is 189 Å². The number of rotatable bonds is 6. The quantitative estimate of drug-likeness (QED) is 0.249. The summed E-state index contributed by atoms with van der Waals surface area (Å²) in [6, 6.07) is 34.3. The first-order chi connectivity index (χ1) is 14.7. The van der Waals surface area contributed by atoms with Crippen LogP contribution in [0.5, 0.6) is 0 Å². The zero-order chi connectivity index (χ0) is 20.8. The molecule has 0 atom stereocenters. The standard InChI is InChI=1S/C26H18F2Se2/c27-21-11-15-23(16-12-21)29-25(19-7-3-1-4-8-19)26(20-9-5-2-6-10-20)30-24-17-13-22(28)14-18-24/h1-18H/b26-25+. The summed E-state index contributed by atoms with van der Waals surface area (Å²) >= 11 is -0.0238. The first-order valence-electron chi connectivity index (χ1n) is 9.41. The predicted octanol–water partition coefficient (Wildman–Crippen LogP) is 4.85. The molecule has 0 fully saturated rings. The van der Waals surface area contributed by atoms with Crippen molar-refractivity contribution in [3.8, 4) is 0 Å². The molecule has 0 saturated carbocycles. The van der Waals surface area contributed by atoms with Crippen LogP contribution < -0.4 is 8.92 Å². The molecular weight excluding hydrogens is 508 g/mol. The van der Waals surface area contributed by atoms with Crippen molar-refractivity contribution in [2.75, 3.05) is 0 Å². The van der Waals surface area contributed by atoms with Crippen molar-refractivity contribution in [1.82, 2.24) is 0 Å². The van der Waals surface area contributed by atoms with E-state index in [1.54, 1.807) is 0 Å². The fourth-order valence-corrected chi connectivity index (χ4v) is 7.88. The van der Waals surface area contributed by atoms with Crippen molar-refractivity contribution in [3.05, 3.63) is 132 Å². The summed E-state index contributed by atoms with van der Waals surface area (Å²) in [5, 5.41) is 0. The summed E-state index contributed by atoms with van der Waals surface area (Å²) < 4.78 is 31.7. The van der Waals surface area contributed by atoms with Crippen molar-refractivity contribution < 1.29 is 8.78 Å². The Bertz CT molecular complexity index is 1030. The van der Waals surface area contributed by atoms with E-state index in [1.807, 2.05) is 60.7 Å². The van der Waals surface area contributed by atoms with Gasteiger partial charge in [0.25, 0.3) is 0 Å². The molecule has 30 heavy (non-hydrogen) atoms. The van der Waals surface area contributed by atoms with Gasteiger partial charge in [0.15, 0.2) is 0 Å². The Morgan fingerprint density at radius 3 is 1.10 bits per heavy atom. The van der Waals surface area contributed by atoms with E-state index in [2.05, 4.69) is 24.3 Å². The Labute approximate surface area is 188 Å². The minimum atomic E-state index is -0.224. The third-order valence-corrected chi connectivity index (χ3v) is 9.83. The number of hydrogen-bond donors (Lipinski definition) is 0. The summed E-state index contributed by atoms with van der Waals surface area (Å²) in [5.74, 6) is -0.447. The van der Waals surface area contributed by atoms with Crippen molar-refractivity contribution in [3.63, 3.8) is 0 Å². The van der Waals surface area contributed by atoms with Crippen LogP contribution in [0.25, 0.3) is 8.94 Å². The second kappa shape index (κ2) is 10.0. The van der Waals surface area contributed by atoms with Gasteiger partial charge in [0.1, 0.15) is 0 Å². The molecule has 4 heteroatoms. The van der Waals surface area contributed by atoms with Crippen LogP contribution in [0.2, 0.25) is 0 Å². The Morgan fingerprint density at radius 1 is 0.433 bits per heavy atom. The van der Waals surface area contributed by atoms with Gasteiger partial charge in [0.2, 0.25) is 0 Å². The van der Waals surface area contributed by atoms with Gasteiger partial charge < -0.3 is 0 Å². The molecule has 0 unspecified atom stereocenters. The van der Waals surface area contributed by atoms with Crippen molar-refractivity contribution in [1.29, 1.82) is 0 Å². The van der Waals surface area contributed by atoms with E-state index in [-0.39, 0.29) is 41.5 Å². The van der Waals surface area contributed by atoms with Crippen molar-refractivity contribution >= 4 is 47.8 Å². The molecule has 4 aromatic rings. The molecule has 148 valence electrons. The van der Waals surface area contributed by atoms with Crippen LogP contribution in [0.15, 0.2) is 109 Å². The first-order valence-corrected chi connectivity index (χ1v) is 12.8. The van der Waals surface area contributed by atoms with Crippen LogP contribution in [-0.2, 0) is 0 Å². The van der Waals surface area contributed by atoms with Gasteiger partial charge in [-0.1, -0.05) is 0 Å². The summed E-state index contributed by atoms with van der Waals surface area (Å²) in [6.07, 6.45) is 0. The van der Waals surface area contributed by atoms with Gasteiger partial charge in [0, 0.05) is 0 Å². The van der Waals surface area contributed by atoms with Gasteiger partial charge in [-0.15, -0.1) is 0 Å². The van der Waals surface area contributed by atoms with Crippen molar-refractivity contribution in [2.45, 2.75) is 0 Å². The van der Waals surface area contributed by atoms with Crippen molar-refractivity contribution in [2.24, 2.45) is 0 Å². The average Bonchev–Trinajstić information content (AvgIpc) is 2.80. The molecular formula is C26H18F2Se2. The van der Waals surface area contributed by atoms with E-state index < -0.39 is 0 Å². The van der Waals surface area contributed by atoms with Gasteiger partial charge in [-0.05, 0) is 0 Å². The third kappa shape index (κ3) is 5.36. The SMILES string of the molecule is Fc1ccc([Se]/C(=C(/[Se]c2ccc(F)cc2)c2ccccc2)c2ccccc2)cc1. The normalized spacial score (nSPS) is 11.8. The molecule has 0 aromatic heterocycles. The molecule has 0 N–H and O–H groups in total. The monoisotopic (exact) mass is 528 g/mol. The van der Waals surface area contributed by atoms with Gasteiger partial charge in [-0.25, -0.2) is 0 Å². The number of benzene rings is 4. The molecule has 0 nitrogen and oxygen atoms in total. The van der Waals surface area contributed by atoms with Crippen LogP contribution >= 0.6 is 0 Å². The fraction of sp³-hybridized carbons (Fsp3) is 0. The third-order valence-electron chi connectivity index (χ3n) is 4.35. The Hall–Kier alpha value is -2.48. The Balaban J connectivity index is 1.86. The molecule has 0 amide bonds. The molecule has 0 radical (unpaired) electrons. The summed E-state index contributed by atoms with van der Waals surface area (Å²) in [5.41, 5.74) is 2.34. The maximum absolute atomic E-state index is 13.5. The molecule has 0 heterocycles. The minimum absolute atomic E-state index is 0.0119. The van der Waals surface area contributed by atoms with Crippen LogP contribution in [0.1, 0.15) is 11.1 Å². The summed E-state index contributed by atoms with van der Waals surface area (Å²) in [6.45, 7) is 0. The number of hydrogen-bond acceptors (Lipinski definition) is 0. The van der Waals surface area contributed by atoms with E-state index >= 15 is 0 Å². The molecule has 4 aromatic carbocycles.